The van der Waals surface area contributed by atoms with E-state index in [1.165, 1.54) is 0 Å². The average Bonchev–Trinajstić information content (AvgIpc) is 3.08. The monoisotopic (exact) mass is 339 g/mol. The summed E-state index contributed by atoms with van der Waals surface area (Å²) in [4.78, 5) is 20.1. The summed E-state index contributed by atoms with van der Waals surface area (Å²) in [7, 11) is 0. The van der Waals surface area contributed by atoms with Gasteiger partial charge in [0.2, 0.25) is 0 Å². The number of aryl methyl sites for hydroxylation is 1. The predicted molar refractivity (Wildman–Crippen MR) is 93.3 cm³/mol. The number of nitrogens with one attached hydrogen (secondary N) is 3. The van der Waals surface area contributed by atoms with E-state index in [1.807, 2.05) is 26.0 Å². The van der Waals surface area contributed by atoms with Gasteiger partial charge >= 0.3 is 0 Å². The van der Waals surface area contributed by atoms with Crippen LogP contribution in [0.1, 0.15) is 40.8 Å². The quantitative estimate of drug-likeness (QED) is 0.663. The van der Waals surface area contributed by atoms with Crippen LogP contribution in [0.5, 0.6) is 0 Å². The van der Waals surface area contributed by atoms with Crippen LogP contribution < -0.4 is 10.6 Å². The van der Waals surface area contributed by atoms with Gasteiger partial charge in [0.15, 0.2) is 5.82 Å². The number of benzene rings is 1. The summed E-state index contributed by atoms with van der Waals surface area (Å²) in [6, 6.07) is 5.25. The van der Waals surface area contributed by atoms with E-state index in [9.17, 15) is 4.79 Å². The second kappa shape index (κ2) is 6.29. The first kappa shape index (κ1) is 15.8. The molecular formula is C17H21N7O. The smallest absolute Gasteiger partial charge is 0.251 e. The van der Waals surface area contributed by atoms with E-state index in [4.69, 9.17) is 0 Å². The second-order valence-corrected chi connectivity index (χ2v) is 6.38. The van der Waals surface area contributed by atoms with Gasteiger partial charge in [-0.2, -0.15) is 0 Å². The third-order valence-electron chi connectivity index (χ3n) is 4.49. The molecule has 0 radical (unpaired) electrons. The fourth-order valence-electron chi connectivity index (χ4n) is 3.24. The molecule has 0 aliphatic carbocycles. The van der Waals surface area contributed by atoms with Crippen molar-refractivity contribution in [2.24, 2.45) is 0 Å². The highest BCUT2D eigenvalue weighted by Crippen LogP contribution is 2.17. The zero-order chi connectivity index (χ0) is 17.4. The molecule has 8 nitrogen and oxygen atoms in total. The minimum atomic E-state index is -0.217. The molecule has 1 unspecified atom stereocenters. The van der Waals surface area contributed by atoms with Crippen molar-refractivity contribution in [3.63, 3.8) is 0 Å². The van der Waals surface area contributed by atoms with Crippen molar-refractivity contribution in [2.45, 2.75) is 32.9 Å². The first-order chi connectivity index (χ1) is 12.1. The fourth-order valence-corrected chi connectivity index (χ4v) is 3.24. The standard InChI is InChI=1S/C17H21N7O/c1-10(16-23-22-15-5-6-18-7-8-24(15)16)19-17(25)12-3-4-13-14(9-12)21-11(2)20-13/h3-4,9-10,18H,5-8H2,1-2H3,(H,19,25)(H,20,21). The number of imidazole rings is 1. The van der Waals surface area contributed by atoms with Crippen molar-refractivity contribution in [3.05, 3.63) is 41.2 Å². The number of nitrogens with zero attached hydrogens (tertiary/aromatic N) is 4. The maximum Gasteiger partial charge on any atom is 0.251 e. The Balaban J connectivity index is 1.54. The lowest BCUT2D eigenvalue weighted by atomic mass is 10.1. The Kier molecular flexibility index (Phi) is 3.96. The van der Waals surface area contributed by atoms with E-state index in [2.05, 4.69) is 35.4 Å². The molecule has 4 rings (SSSR count). The number of carbonyl (C=O) groups is 1. The Bertz CT molecular complexity index is 926. The van der Waals surface area contributed by atoms with Crippen LogP contribution in [-0.4, -0.2) is 43.7 Å². The van der Waals surface area contributed by atoms with E-state index in [0.29, 0.717) is 5.56 Å². The number of hydrogen-bond donors (Lipinski definition) is 3. The molecule has 3 aromatic rings. The van der Waals surface area contributed by atoms with Crippen LogP contribution in [-0.2, 0) is 13.0 Å². The SMILES string of the molecule is Cc1nc2ccc(C(=O)NC(C)c3nnc4n3CCNCC4)cc2[nH]1. The Hall–Kier alpha value is -2.74. The molecule has 3 N–H and O–H groups in total. The van der Waals surface area contributed by atoms with Gasteiger partial charge in [0, 0.05) is 31.6 Å². The summed E-state index contributed by atoms with van der Waals surface area (Å²) in [6.45, 7) is 6.44. The van der Waals surface area contributed by atoms with Crippen molar-refractivity contribution < 1.29 is 4.79 Å². The molecule has 3 heterocycles. The van der Waals surface area contributed by atoms with E-state index in [1.54, 1.807) is 6.07 Å². The number of aromatic nitrogens is 5. The second-order valence-electron chi connectivity index (χ2n) is 6.38. The van der Waals surface area contributed by atoms with E-state index >= 15 is 0 Å². The number of amides is 1. The number of fused-ring (bicyclic) bond motifs is 2. The summed E-state index contributed by atoms with van der Waals surface area (Å²) in [5.74, 6) is 2.47. The lowest BCUT2D eigenvalue weighted by molar-refractivity contribution is 0.0937. The minimum absolute atomic E-state index is 0.134. The number of H-pyrrole nitrogens is 1. The van der Waals surface area contributed by atoms with Crippen LogP contribution >= 0.6 is 0 Å². The molecule has 1 atom stereocenters. The molecular weight excluding hydrogens is 318 g/mol. The largest absolute Gasteiger partial charge is 0.342 e. The summed E-state index contributed by atoms with van der Waals surface area (Å²) in [6.07, 6.45) is 0.851. The molecule has 0 fully saturated rings. The Morgan fingerprint density at radius 1 is 1.32 bits per heavy atom. The van der Waals surface area contributed by atoms with Gasteiger partial charge in [-0.25, -0.2) is 4.98 Å². The molecule has 1 aliphatic rings. The van der Waals surface area contributed by atoms with Crippen molar-refractivity contribution >= 4 is 16.9 Å². The number of aromatic amines is 1. The lowest BCUT2D eigenvalue weighted by Gasteiger charge is -2.15. The number of rotatable bonds is 3. The number of carbonyl (C=O) groups excluding carboxylic acids is 1. The van der Waals surface area contributed by atoms with Gasteiger partial charge in [0.05, 0.1) is 17.1 Å². The third-order valence-corrected chi connectivity index (χ3v) is 4.49. The van der Waals surface area contributed by atoms with E-state index < -0.39 is 0 Å². The Morgan fingerprint density at radius 3 is 3.08 bits per heavy atom. The Labute approximate surface area is 145 Å². The zero-order valence-electron chi connectivity index (χ0n) is 14.3. The van der Waals surface area contributed by atoms with E-state index in [0.717, 1.165) is 54.6 Å². The minimum Gasteiger partial charge on any atom is -0.342 e. The molecule has 130 valence electrons. The highest BCUT2D eigenvalue weighted by molar-refractivity contribution is 5.97. The maximum atomic E-state index is 12.6. The van der Waals surface area contributed by atoms with Crippen LogP contribution in [0.4, 0.5) is 0 Å². The summed E-state index contributed by atoms with van der Waals surface area (Å²) in [5.41, 5.74) is 2.32. The van der Waals surface area contributed by atoms with Gasteiger partial charge in [-0.3, -0.25) is 4.79 Å². The normalized spacial score (nSPS) is 15.6. The molecule has 0 bridgehead atoms. The molecule has 0 saturated carbocycles. The Morgan fingerprint density at radius 2 is 2.20 bits per heavy atom. The van der Waals surface area contributed by atoms with Crippen LogP contribution in [0.25, 0.3) is 11.0 Å². The fraction of sp³-hybridized carbons (Fsp3) is 0.412. The van der Waals surface area contributed by atoms with Crippen LogP contribution in [0.15, 0.2) is 18.2 Å². The highest BCUT2D eigenvalue weighted by Gasteiger charge is 2.21. The van der Waals surface area contributed by atoms with Crippen molar-refractivity contribution in [1.29, 1.82) is 0 Å². The molecule has 1 aliphatic heterocycles. The lowest BCUT2D eigenvalue weighted by Crippen LogP contribution is -2.29. The van der Waals surface area contributed by atoms with E-state index in [-0.39, 0.29) is 11.9 Å². The molecule has 1 aromatic carbocycles. The van der Waals surface area contributed by atoms with Crippen LogP contribution in [0.2, 0.25) is 0 Å². The van der Waals surface area contributed by atoms with Gasteiger partial charge in [0.25, 0.3) is 5.91 Å². The molecule has 8 heteroatoms. The average molecular weight is 339 g/mol. The number of hydrogen-bond acceptors (Lipinski definition) is 5. The summed E-state index contributed by atoms with van der Waals surface area (Å²) >= 11 is 0. The topological polar surface area (TPSA) is 101 Å². The first-order valence-corrected chi connectivity index (χ1v) is 8.52. The molecule has 1 amide bonds. The van der Waals surface area contributed by atoms with Gasteiger partial charge in [-0.05, 0) is 32.0 Å². The van der Waals surface area contributed by atoms with Crippen molar-refractivity contribution in [3.8, 4) is 0 Å². The first-order valence-electron chi connectivity index (χ1n) is 8.52. The molecule has 2 aromatic heterocycles. The highest BCUT2D eigenvalue weighted by atomic mass is 16.1. The van der Waals surface area contributed by atoms with Crippen LogP contribution in [0, 0.1) is 6.92 Å². The molecule has 0 saturated heterocycles. The summed E-state index contributed by atoms with van der Waals surface area (Å²) < 4.78 is 2.10. The summed E-state index contributed by atoms with van der Waals surface area (Å²) in [5, 5.41) is 14.9. The van der Waals surface area contributed by atoms with Gasteiger partial charge < -0.3 is 20.2 Å². The third kappa shape index (κ3) is 3.00. The zero-order valence-corrected chi connectivity index (χ0v) is 14.3. The van der Waals surface area contributed by atoms with Gasteiger partial charge in [-0.15, -0.1) is 10.2 Å². The van der Waals surface area contributed by atoms with Gasteiger partial charge in [0.1, 0.15) is 11.6 Å². The van der Waals surface area contributed by atoms with Crippen molar-refractivity contribution in [2.75, 3.05) is 13.1 Å². The van der Waals surface area contributed by atoms with Crippen LogP contribution in [0.3, 0.4) is 0 Å². The molecule has 25 heavy (non-hydrogen) atoms. The predicted octanol–water partition coefficient (Wildman–Crippen LogP) is 1.10. The van der Waals surface area contributed by atoms with Gasteiger partial charge in [-0.1, -0.05) is 0 Å². The van der Waals surface area contributed by atoms with Crippen molar-refractivity contribution in [1.82, 2.24) is 35.4 Å². The maximum absolute atomic E-state index is 12.6. The molecule has 0 spiro atoms.